The zero-order valence-corrected chi connectivity index (χ0v) is 12.1. The SMILES string of the molecule is CCC(O)[C@H](OOC)[C@@H](OOC)[C@H](O)[C@H](O)COOC. The Morgan fingerprint density at radius 2 is 1.35 bits per heavy atom. The molecule has 0 fully saturated rings. The highest BCUT2D eigenvalue weighted by atomic mass is 17.2. The summed E-state index contributed by atoms with van der Waals surface area (Å²) < 4.78 is 0. The zero-order valence-electron chi connectivity index (χ0n) is 12.1. The third-order valence-electron chi connectivity index (χ3n) is 2.62. The molecule has 0 aromatic carbocycles. The third kappa shape index (κ3) is 6.39. The minimum atomic E-state index is -1.47. The molecular weight excluding hydrogens is 276 g/mol. The first-order valence-electron chi connectivity index (χ1n) is 6.12. The highest BCUT2D eigenvalue weighted by Gasteiger charge is 2.40. The van der Waals surface area contributed by atoms with Crippen molar-refractivity contribution in [3.05, 3.63) is 0 Å². The van der Waals surface area contributed by atoms with Crippen LogP contribution in [0.15, 0.2) is 0 Å². The fraction of sp³-hybridized carbons (Fsp3) is 1.00. The van der Waals surface area contributed by atoms with Crippen LogP contribution >= 0.6 is 0 Å². The maximum atomic E-state index is 10.0. The van der Waals surface area contributed by atoms with E-state index in [1.165, 1.54) is 21.3 Å². The Bertz CT molecular complexity index is 228. The number of hydrogen-bond acceptors (Lipinski definition) is 9. The summed E-state index contributed by atoms with van der Waals surface area (Å²) in [6, 6.07) is 0. The van der Waals surface area contributed by atoms with Gasteiger partial charge in [-0.2, -0.15) is 0 Å². The summed E-state index contributed by atoms with van der Waals surface area (Å²) in [5.41, 5.74) is 0. The van der Waals surface area contributed by atoms with Crippen molar-refractivity contribution in [2.75, 3.05) is 27.9 Å². The molecule has 1 unspecified atom stereocenters. The quantitative estimate of drug-likeness (QED) is 0.306. The first-order chi connectivity index (χ1) is 9.53. The van der Waals surface area contributed by atoms with Crippen LogP contribution in [0.2, 0.25) is 0 Å². The fourth-order valence-corrected chi connectivity index (χ4v) is 1.55. The minimum Gasteiger partial charge on any atom is -0.390 e. The molecule has 20 heavy (non-hydrogen) atoms. The van der Waals surface area contributed by atoms with Crippen LogP contribution in [0.3, 0.4) is 0 Å². The average molecular weight is 300 g/mol. The van der Waals surface area contributed by atoms with Crippen LogP contribution in [0, 0.1) is 0 Å². The summed E-state index contributed by atoms with van der Waals surface area (Å²) in [5.74, 6) is 0. The maximum Gasteiger partial charge on any atom is 0.153 e. The van der Waals surface area contributed by atoms with E-state index in [2.05, 4.69) is 19.6 Å². The monoisotopic (exact) mass is 300 g/mol. The summed E-state index contributed by atoms with van der Waals surface area (Å²) in [6.07, 6.45) is -5.77. The van der Waals surface area contributed by atoms with Crippen molar-refractivity contribution in [2.45, 2.75) is 43.9 Å². The molecule has 122 valence electrons. The first kappa shape index (κ1) is 19.6. The van der Waals surface area contributed by atoms with Gasteiger partial charge >= 0.3 is 0 Å². The third-order valence-corrected chi connectivity index (χ3v) is 2.62. The highest BCUT2D eigenvalue weighted by Crippen LogP contribution is 2.18. The van der Waals surface area contributed by atoms with Crippen molar-refractivity contribution in [3.8, 4) is 0 Å². The van der Waals surface area contributed by atoms with Crippen LogP contribution in [-0.2, 0) is 29.3 Å². The predicted molar refractivity (Wildman–Crippen MR) is 65.0 cm³/mol. The van der Waals surface area contributed by atoms with Crippen molar-refractivity contribution >= 4 is 0 Å². The lowest BCUT2D eigenvalue weighted by Gasteiger charge is -2.32. The molecule has 0 rings (SSSR count). The van der Waals surface area contributed by atoms with E-state index in [4.69, 9.17) is 9.78 Å². The summed E-state index contributed by atoms with van der Waals surface area (Å²) >= 11 is 0. The summed E-state index contributed by atoms with van der Waals surface area (Å²) in [6.45, 7) is 1.40. The Labute approximate surface area is 117 Å². The molecule has 3 N–H and O–H groups in total. The molecule has 9 heteroatoms. The van der Waals surface area contributed by atoms with E-state index in [1.54, 1.807) is 6.92 Å². The Hall–Kier alpha value is -0.360. The van der Waals surface area contributed by atoms with Crippen LogP contribution in [0.5, 0.6) is 0 Å². The van der Waals surface area contributed by atoms with Crippen LogP contribution in [0.1, 0.15) is 13.3 Å². The van der Waals surface area contributed by atoms with E-state index in [-0.39, 0.29) is 6.61 Å². The average Bonchev–Trinajstić information content (AvgIpc) is 2.46. The molecule has 9 nitrogen and oxygen atoms in total. The lowest BCUT2D eigenvalue weighted by atomic mass is 9.98. The van der Waals surface area contributed by atoms with Gasteiger partial charge in [-0.25, -0.2) is 29.3 Å². The Kier molecular flexibility index (Phi) is 11.1. The second-order valence-electron chi connectivity index (χ2n) is 3.94. The maximum absolute atomic E-state index is 10.0. The smallest absolute Gasteiger partial charge is 0.153 e. The van der Waals surface area contributed by atoms with Gasteiger partial charge in [0, 0.05) is 0 Å². The van der Waals surface area contributed by atoms with Crippen molar-refractivity contribution < 1.29 is 44.6 Å². The number of aliphatic hydroxyl groups excluding tert-OH is 3. The molecule has 0 saturated carbocycles. The van der Waals surface area contributed by atoms with E-state index in [1.807, 2.05) is 0 Å². The van der Waals surface area contributed by atoms with E-state index in [0.29, 0.717) is 6.42 Å². The second-order valence-corrected chi connectivity index (χ2v) is 3.94. The van der Waals surface area contributed by atoms with Gasteiger partial charge in [0.15, 0.2) is 12.2 Å². The van der Waals surface area contributed by atoms with Crippen LogP contribution in [0.4, 0.5) is 0 Å². The minimum absolute atomic E-state index is 0.302. The Balaban J connectivity index is 4.86. The first-order valence-corrected chi connectivity index (χ1v) is 6.12. The summed E-state index contributed by atoms with van der Waals surface area (Å²) in [4.78, 5) is 27.7. The zero-order chi connectivity index (χ0) is 15.5. The Morgan fingerprint density at radius 1 is 0.800 bits per heavy atom. The van der Waals surface area contributed by atoms with Crippen LogP contribution < -0.4 is 0 Å². The molecule has 0 aliphatic heterocycles. The molecule has 0 aromatic rings. The van der Waals surface area contributed by atoms with Crippen LogP contribution in [-0.4, -0.2) is 73.8 Å². The van der Waals surface area contributed by atoms with Gasteiger partial charge in [0.1, 0.15) is 18.8 Å². The van der Waals surface area contributed by atoms with Crippen molar-refractivity contribution in [2.24, 2.45) is 0 Å². The van der Waals surface area contributed by atoms with Gasteiger partial charge in [0.05, 0.1) is 27.4 Å². The van der Waals surface area contributed by atoms with Gasteiger partial charge in [-0.05, 0) is 6.42 Å². The molecule has 0 amide bonds. The summed E-state index contributed by atoms with van der Waals surface area (Å²) in [5, 5.41) is 29.7. The highest BCUT2D eigenvalue weighted by molar-refractivity contribution is 4.85. The largest absolute Gasteiger partial charge is 0.390 e. The molecule has 0 aliphatic carbocycles. The fourth-order valence-electron chi connectivity index (χ4n) is 1.55. The normalized spacial score (nSPS) is 19.4. The molecule has 0 aliphatic rings. The molecule has 0 spiro atoms. The standard InChI is InChI=1S/C11H24O9/c1-5-7(12)10(19-16-3)11(20-17-4)9(14)8(13)6-18-15-2/h7-14H,5-6H2,1-4H3/t7?,8-,9-,10+,11+/m1/s1. The molecule has 0 bridgehead atoms. The number of hydrogen-bond donors (Lipinski definition) is 3. The van der Waals surface area contributed by atoms with Gasteiger partial charge < -0.3 is 15.3 Å². The van der Waals surface area contributed by atoms with Crippen LogP contribution in [0.25, 0.3) is 0 Å². The van der Waals surface area contributed by atoms with Gasteiger partial charge in [-0.1, -0.05) is 6.92 Å². The Morgan fingerprint density at radius 3 is 1.80 bits per heavy atom. The molecule has 5 atom stereocenters. The van der Waals surface area contributed by atoms with E-state index < -0.39 is 30.5 Å². The van der Waals surface area contributed by atoms with E-state index >= 15 is 0 Å². The molecule has 0 radical (unpaired) electrons. The van der Waals surface area contributed by atoms with Gasteiger partial charge in [0.25, 0.3) is 0 Å². The lowest BCUT2D eigenvalue weighted by molar-refractivity contribution is -0.401. The van der Waals surface area contributed by atoms with Crippen molar-refractivity contribution in [1.82, 2.24) is 0 Å². The molecular formula is C11H24O9. The van der Waals surface area contributed by atoms with Gasteiger partial charge in [-0.3, -0.25) is 0 Å². The van der Waals surface area contributed by atoms with E-state index in [9.17, 15) is 15.3 Å². The lowest BCUT2D eigenvalue weighted by Crippen LogP contribution is -2.52. The van der Waals surface area contributed by atoms with Gasteiger partial charge in [0.2, 0.25) is 0 Å². The molecule has 0 heterocycles. The van der Waals surface area contributed by atoms with E-state index in [0.717, 1.165) is 0 Å². The molecule has 0 saturated heterocycles. The van der Waals surface area contributed by atoms with Crippen molar-refractivity contribution in [1.29, 1.82) is 0 Å². The van der Waals surface area contributed by atoms with Crippen molar-refractivity contribution in [3.63, 3.8) is 0 Å². The van der Waals surface area contributed by atoms with Gasteiger partial charge in [-0.15, -0.1) is 0 Å². The molecule has 0 aromatic heterocycles. The topological polar surface area (TPSA) is 116 Å². The number of rotatable bonds is 12. The predicted octanol–water partition coefficient (Wildman–Crippen LogP) is -1.05. The number of aliphatic hydroxyl groups is 3. The second kappa shape index (κ2) is 11.3. The summed E-state index contributed by atoms with van der Waals surface area (Å²) in [7, 11) is 3.73.